The molecule has 0 aromatic carbocycles. The van der Waals surface area contributed by atoms with Gasteiger partial charge < -0.3 is 10.2 Å². The van der Waals surface area contributed by atoms with Gasteiger partial charge in [0.1, 0.15) is 5.76 Å². The Labute approximate surface area is 77.9 Å². The van der Waals surface area contributed by atoms with Gasteiger partial charge in [0, 0.05) is 12.5 Å². The van der Waals surface area contributed by atoms with E-state index in [4.69, 9.17) is 10.2 Å². The summed E-state index contributed by atoms with van der Waals surface area (Å²) in [6.45, 7) is 3.71. The van der Waals surface area contributed by atoms with Crippen LogP contribution in [0.25, 0.3) is 0 Å². The van der Waals surface area contributed by atoms with Crippen molar-refractivity contribution in [2.75, 3.05) is 0 Å². The second-order valence-electron chi connectivity index (χ2n) is 3.35. The molecule has 0 saturated heterocycles. The molecule has 1 rings (SSSR count). The Morgan fingerprint density at radius 1 is 1.62 bits per heavy atom. The van der Waals surface area contributed by atoms with Gasteiger partial charge in [0.15, 0.2) is 11.5 Å². The third kappa shape index (κ3) is 3.03. The number of Topliss-reactive ketones (excluding diaryl/α,β-unsaturated/α-hetero) is 1. The van der Waals surface area contributed by atoms with E-state index in [0.29, 0.717) is 18.6 Å². The average molecular weight is 181 g/mol. The van der Waals surface area contributed by atoms with E-state index in [1.807, 2.05) is 13.8 Å². The van der Waals surface area contributed by atoms with Crippen molar-refractivity contribution in [1.82, 2.24) is 0 Å². The fraction of sp³-hybridized carbons (Fsp3) is 0.500. The fourth-order valence-electron chi connectivity index (χ4n) is 1.07. The quantitative estimate of drug-likeness (QED) is 0.722. The van der Waals surface area contributed by atoms with Gasteiger partial charge >= 0.3 is 0 Å². The van der Waals surface area contributed by atoms with E-state index >= 15 is 0 Å². The molecule has 0 aliphatic heterocycles. The highest BCUT2D eigenvalue weighted by molar-refractivity contribution is 5.93. The second kappa shape index (κ2) is 4.23. The highest BCUT2D eigenvalue weighted by Crippen LogP contribution is 2.10. The first-order valence-electron chi connectivity index (χ1n) is 4.45. The predicted molar refractivity (Wildman–Crippen MR) is 50.7 cm³/mol. The number of carbonyl (C=O) groups excluding carboxylic acids is 1. The molecular formula is C10H15NO2. The minimum absolute atomic E-state index is 0.0328. The van der Waals surface area contributed by atoms with Crippen molar-refractivity contribution in [3.63, 3.8) is 0 Å². The number of carbonyl (C=O) groups is 1. The van der Waals surface area contributed by atoms with Crippen LogP contribution in [0.3, 0.4) is 0 Å². The Bertz CT molecular complexity index is 289. The number of hydrogen-bond acceptors (Lipinski definition) is 3. The molecule has 72 valence electrons. The van der Waals surface area contributed by atoms with Gasteiger partial charge in [-0.2, -0.15) is 0 Å². The summed E-state index contributed by atoms with van der Waals surface area (Å²) in [5, 5.41) is 0. The molecule has 13 heavy (non-hydrogen) atoms. The lowest BCUT2D eigenvalue weighted by atomic mass is 10.1. The van der Waals surface area contributed by atoms with E-state index in [-0.39, 0.29) is 11.8 Å². The number of ketones is 1. The molecule has 0 saturated carbocycles. The van der Waals surface area contributed by atoms with E-state index in [9.17, 15) is 4.79 Å². The molecule has 3 heteroatoms. The molecule has 1 aromatic rings. The zero-order valence-electron chi connectivity index (χ0n) is 8.04. The lowest BCUT2D eigenvalue weighted by molar-refractivity contribution is 0.0950. The first-order valence-corrected chi connectivity index (χ1v) is 4.45. The highest BCUT2D eigenvalue weighted by atomic mass is 16.3. The normalized spacial score (nSPS) is 12.8. The molecule has 0 spiro atoms. The molecule has 0 fully saturated rings. The predicted octanol–water partition coefficient (Wildman–Crippen LogP) is 1.90. The Hall–Kier alpha value is -1.09. The Morgan fingerprint density at radius 2 is 2.31 bits per heavy atom. The summed E-state index contributed by atoms with van der Waals surface area (Å²) in [7, 11) is 0. The minimum Gasteiger partial charge on any atom is -0.458 e. The number of nitrogens with two attached hydrogens (primary N) is 1. The van der Waals surface area contributed by atoms with Crippen LogP contribution in [0.15, 0.2) is 16.5 Å². The summed E-state index contributed by atoms with van der Waals surface area (Å²) in [6.07, 6.45) is 1.17. The molecule has 3 nitrogen and oxygen atoms in total. The van der Waals surface area contributed by atoms with Crippen molar-refractivity contribution in [2.45, 2.75) is 32.7 Å². The molecule has 2 N–H and O–H groups in total. The van der Waals surface area contributed by atoms with Crippen LogP contribution in [0.5, 0.6) is 0 Å². The van der Waals surface area contributed by atoms with Crippen LogP contribution < -0.4 is 5.73 Å². The summed E-state index contributed by atoms with van der Waals surface area (Å²) >= 11 is 0. The van der Waals surface area contributed by atoms with E-state index in [2.05, 4.69) is 0 Å². The van der Waals surface area contributed by atoms with Gasteiger partial charge in [0.2, 0.25) is 0 Å². The van der Waals surface area contributed by atoms with E-state index in [1.54, 1.807) is 12.1 Å². The topological polar surface area (TPSA) is 56.2 Å². The van der Waals surface area contributed by atoms with Gasteiger partial charge in [-0.05, 0) is 32.4 Å². The molecule has 1 unspecified atom stereocenters. The highest BCUT2D eigenvalue weighted by Gasteiger charge is 2.10. The molecular weight excluding hydrogens is 166 g/mol. The van der Waals surface area contributed by atoms with Crippen LogP contribution in [-0.4, -0.2) is 11.8 Å². The average Bonchev–Trinajstić information content (AvgIpc) is 2.47. The largest absolute Gasteiger partial charge is 0.458 e. The third-order valence-corrected chi connectivity index (χ3v) is 1.84. The minimum atomic E-state index is 0.0328. The Morgan fingerprint density at radius 3 is 2.77 bits per heavy atom. The molecule has 1 aromatic heterocycles. The molecule has 0 aliphatic carbocycles. The van der Waals surface area contributed by atoms with Crippen molar-refractivity contribution in [3.8, 4) is 0 Å². The number of hydrogen-bond donors (Lipinski definition) is 1. The van der Waals surface area contributed by atoms with Crippen molar-refractivity contribution in [3.05, 3.63) is 23.7 Å². The van der Waals surface area contributed by atoms with Gasteiger partial charge in [-0.3, -0.25) is 4.79 Å². The molecule has 0 aliphatic rings. The van der Waals surface area contributed by atoms with Crippen LogP contribution in [-0.2, 0) is 0 Å². The zero-order chi connectivity index (χ0) is 9.84. The Balaban J connectivity index is 2.49. The van der Waals surface area contributed by atoms with Gasteiger partial charge in [0.05, 0.1) is 0 Å². The van der Waals surface area contributed by atoms with Crippen LogP contribution in [0.1, 0.15) is 36.1 Å². The zero-order valence-corrected chi connectivity index (χ0v) is 8.04. The standard InChI is InChI=1S/C10H15NO2/c1-7(11)3-5-9(12)10-6-4-8(2)13-10/h4,6-7H,3,5,11H2,1-2H3. The lowest BCUT2D eigenvalue weighted by Crippen LogP contribution is -2.16. The summed E-state index contributed by atoms with van der Waals surface area (Å²) in [5.74, 6) is 1.24. The van der Waals surface area contributed by atoms with Crippen LogP contribution in [0, 0.1) is 6.92 Å². The van der Waals surface area contributed by atoms with Gasteiger partial charge in [-0.1, -0.05) is 0 Å². The van der Waals surface area contributed by atoms with Gasteiger partial charge in [-0.25, -0.2) is 0 Å². The van der Waals surface area contributed by atoms with Crippen molar-refractivity contribution in [1.29, 1.82) is 0 Å². The molecule has 1 atom stereocenters. The molecule has 0 bridgehead atoms. The van der Waals surface area contributed by atoms with Crippen molar-refractivity contribution in [2.24, 2.45) is 5.73 Å². The van der Waals surface area contributed by atoms with Crippen LogP contribution >= 0.6 is 0 Å². The van der Waals surface area contributed by atoms with Gasteiger partial charge in [0.25, 0.3) is 0 Å². The second-order valence-corrected chi connectivity index (χ2v) is 3.35. The molecule has 0 radical (unpaired) electrons. The summed E-state index contributed by atoms with van der Waals surface area (Å²) in [4.78, 5) is 11.4. The molecule has 0 amide bonds. The number of aryl methyl sites for hydroxylation is 1. The van der Waals surface area contributed by atoms with E-state index in [1.165, 1.54) is 0 Å². The first-order chi connectivity index (χ1) is 6.09. The maximum absolute atomic E-state index is 11.4. The fourth-order valence-corrected chi connectivity index (χ4v) is 1.07. The van der Waals surface area contributed by atoms with E-state index in [0.717, 1.165) is 5.76 Å². The van der Waals surface area contributed by atoms with Crippen LogP contribution in [0.2, 0.25) is 0 Å². The first kappa shape index (κ1) is 9.99. The maximum Gasteiger partial charge on any atom is 0.198 e. The monoisotopic (exact) mass is 181 g/mol. The third-order valence-electron chi connectivity index (χ3n) is 1.84. The van der Waals surface area contributed by atoms with E-state index < -0.39 is 0 Å². The van der Waals surface area contributed by atoms with Gasteiger partial charge in [-0.15, -0.1) is 0 Å². The van der Waals surface area contributed by atoms with Crippen molar-refractivity contribution >= 4 is 5.78 Å². The SMILES string of the molecule is Cc1ccc(C(=O)CCC(C)N)o1. The van der Waals surface area contributed by atoms with Crippen molar-refractivity contribution < 1.29 is 9.21 Å². The lowest BCUT2D eigenvalue weighted by Gasteiger charge is -2.01. The maximum atomic E-state index is 11.4. The summed E-state index contributed by atoms with van der Waals surface area (Å²) < 4.78 is 5.19. The summed E-state index contributed by atoms with van der Waals surface area (Å²) in [6, 6.07) is 3.57. The number of furan rings is 1. The number of rotatable bonds is 4. The Kier molecular flexibility index (Phi) is 3.25. The smallest absolute Gasteiger partial charge is 0.198 e. The molecule has 1 heterocycles. The van der Waals surface area contributed by atoms with Crippen LogP contribution in [0.4, 0.5) is 0 Å². The summed E-state index contributed by atoms with van der Waals surface area (Å²) in [5.41, 5.74) is 5.54.